The highest BCUT2D eigenvalue weighted by Gasteiger charge is 2.32. The second-order valence-electron chi connectivity index (χ2n) is 9.99. The summed E-state index contributed by atoms with van der Waals surface area (Å²) >= 11 is 0. The lowest BCUT2D eigenvalue weighted by atomic mass is 9.85. The zero-order chi connectivity index (χ0) is 22.3. The summed E-state index contributed by atoms with van der Waals surface area (Å²) in [6.07, 6.45) is 16.3. The predicted octanol–water partition coefficient (Wildman–Crippen LogP) is 8.89. The molecule has 1 heteroatoms. The van der Waals surface area contributed by atoms with Crippen LogP contribution in [0.1, 0.15) is 102 Å². The first kappa shape index (κ1) is 24.5. The minimum absolute atomic E-state index is 0.0454. The van der Waals surface area contributed by atoms with E-state index in [0.29, 0.717) is 0 Å². The summed E-state index contributed by atoms with van der Waals surface area (Å²) in [5, 5.41) is 0. The Kier molecular flexibility index (Phi) is 9.01. The molecule has 0 spiro atoms. The van der Waals surface area contributed by atoms with Crippen LogP contribution in [-0.2, 0) is 6.42 Å². The third-order valence-electron chi connectivity index (χ3n) is 6.66. The van der Waals surface area contributed by atoms with Gasteiger partial charge < -0.3 is 4.74 Å². The van der Waals surface area contributed by atoms with E-state index in [0.717, 1.165) is 44.3 Å². The van der Waals surface area contributed by atoms with E-state index >= 15 is 0 Å². The number of aryl methyl sites for hydroxylation is 2. The van der Waals surface area contributed by atoms with Gasteiger partial charge in [-0.25, -0.2) is 0 Å². The lowest BCUT2D eigenvalue weighted by Crippen LogP contribution is -2.36. The first-order valence-electron chi connectivity index (χ1n) is 11.8. The molecule has 1 aliphatic heterocycles. The van der Waals surface area contributed by atoms with E-state index in [4.69, 9.17) is 4.74 Å². The number of fused-ring (bicyclic) bond motifs is 1. The van der Waals surface area contributed by atoms with Crippen molar-refractivity contribution in [3.05, 3.63) is 63.3 Å². The van der Waals surface area contributed by atoms with Crippen molar-refractivity contribution in [3.8, 4) is 5.75 Å². The average Bonchev–Trinajstić information content (AvgIpc) is 2.65. The fourth-order valence-electron chi connectivity index (χ4n) is 4.38. The number of rotatable bonds is 9. The summed E-state index contributed by atoms with van der Waals surface area (Å²) in [6.45, 7) is 17.8. The normalized spacial score (nSPS) is 19.3. The van der Waals surface area contributed by atoms with Crippen LogP contribution < -0.4 is 4.74 Å². The molecule has 166 valence electrons. The Morgan fingerprint density at radius 1 is 0.900 bits per heavy atom. The smallest absolute Gasteiger partial charge is 0.126 e. The quantitative estimate of drug-likeness (QED) is 0.371. The largest absolute Gasteiger partial charge is 0.487 e. The predicted molar refractivity (Wildman–Crippen MR) is 133 cm³/mol. The Balaban J connectivity index is 1.84. The zero-order valence-electron chi connectivity index (χ0n) is 20.9. The Hall–Kier alpha value is -1.76. The molecule has 1 aromatic rings. The third-order valence-corrected chi connectivity index (χ3v) is 6.66. The van der Waals surface area contributed by atoms with Gasteiger partial charge in [0.2, 0.25) is 0 Å². The molecule has 0 bridgehead atoms. The van der Waals surface area contributed by atoms with Gasteiger partial charge in [-0.15, -0.1) is 0 Å². The summed E-state index contributed by atoms with van der Waals surface area (Å²) in [6, 6.07) is 2.31. The van der Waals surface area contributed by atoms with Crippen LogP contribution in [0.5, 0.6) is 5.75 Å². The Bertz CT molecular complexity index is 817. The molecule has 0 aliphatic carbocycles. The van der Waals surface area contributed by atoms with Crippen molar-refractivity contribution in [3.63, 3.8) is 0 Å². The van der Waals surface area contributed by atoms with E-state index in [9.17, 15) is 0 Å². The molecule has 1 heterocycles. The van der Waals surface area contributed by atoms with E-state index in [1.807, 2.05) is 0 Å². The molecule has 1 aliphatic rings. The van der Waals surface area contributed by atoms with Crippen LogP contribution in [-0.4, -0.2) is 5.60 Å². The fourth-order valence-corrected chi connectivity index (χ4v) is 4.38. The average molecular weight is 409 g/mol. The Morgan fingerprint density at radius 3 is 2.13 bits per heavy atom. The van der Waals surface area contributed by atoms with E-state index in [1.54, 1.807) is 0 Å². The molecule has 0 radical (unpaired) electrons. The van der Waals surface area contributed by atoms with Gasteiger partial charge in [0, 0.05) is 0 Å². The molecule has 0 fully saturated rings. The van der Waals surface area contributed by atoms with E-state index in [2.05, 4.69) is 79.7 Å². The molecule has 1 nitrogen and oxygen atoms in total. The van der Waals surface area contributed by atoms with Gasteiger partial charge in [0.25, 0.3) is 0 Å². The van der Waals surface area contributed by atoms with Gasteiger partial charge in [-0.1, -0.05) is 41.0 Å². The molecule has 2 rings (SSSR count). The summed E-state index contributed by atoms with van der Waals surface area (Å²) < 4.78 is 6.62. The monoisotopic (exact) mass is 408 g/mol. The van der Waals surface area contributed by atoms with Crippen LogP contribution in [0.4, 0.5) is 0 Å². The van der Waals surface area contributed by atoms with Crippen molar-refractivity contribution in [2.24, 2.45) is 0 Å². The van der Waals surface area contributed by atoms with E-state index in [1.165, 1.54) is 51.8 Å². The van der Waals surface area contributed by atoms with Crippen molar-refractivity contribution >= 4 is 0 Å². The maximum atomic E-state index is 6.62. The lowest BCUT2D eigenvalue weighted by molar-refractivity contribution is 0.0560. The van der Waals surface area contributed by atoms with Gasteiger partial charge in [0.1, 0.15) is 11.4 Å². The minimum atomic E-state index is -0.0454. The molecular formula is C29H44O. The molecular weight excluding hydrogens is 364 g/mol. The highest BCUT2D eigenvalue weighted by Crippen LogP contribution is 2.40. The number of ether oxygens (including phenoxy) is 1. The highest BCUT2D eigenvalue weighted by molar-refractivity contribution is 5.51. The molecule has 30 heavy (non-hydrogen) atoms. The van der Waals surface area contributed by atoms with Crippen molar-refractivity contribution in [1.82, 2.24) is 0 Å². The highest BCUT2D eigenvalue weighted by atomic mass is 16.5. The van der Waals surface area contributed by atoms with Crippen LogP contribution in [0.2, 0.25) is 0 Å². The summed E-state index contributed by atoms with van der Waals surface area (Å²) in [7, 11) is 0. The van der Waals surface area contributed by atoms with Gasteiger partial charge in [-0.2, -0.15) is 0 Å². The third kappa shape index (κ3) is 7.18. The number of benzene rings is 1. The van der Waals surface area contributed by atoms with E-state index in [-0.39, 0.29) is 5.60 Å². The summed E-state index contributed by atoms with van der Waals surface area (Å²) in [4.78, 5) is 0. The zero-order valence-corrected chi connectivity index (χ0v) is 20.9. The van der Waals surface area contributed by atoms with Gasteiger partial charge in [0.15, 0.2) is 0 Å². The van der Waals surface area contributed by atoms with Crippen molar-refractivity contribution in [1.29, 1.82) is 0 Å². The van der Waals surface area contributed by atoms with Crippen LogP contribution in [0, 0.1) is 20.8 Å². The summed E-state index contributed by atoms with van der Waals surface area (Å²) in [5.74, 6) is 1.16. The second-order valence-corrected chi connectivity index (χ2v) is 9.99. The molecule has 1 unspecified atom stereocenters. The Labute approximate surface area is 186 Å². The molecule has 0 saturated carbocycles. The first-order chi connectivity index (χ1) is 14.1. The van der Waals surface area contributed by atoms with Crippen LogP contribution >= 0.6 is 0 Å². The lowest BCUT2D eigenvalue weighted by Gasteiger charge is -2.37. The fraction of sp³-hybridized carbons (Fsp3) is 0.586. The number of hydrogen-bond donors (Lipinski definition) is 0. The van der Waals surface area contributed by atoms with Crippen molar-refractivity contribution < 1.29 is 4.74 Å². The molecule has 0 saturated heterocycles. The Morgan fingerprint density at radius 2 is 1.50 bits per heavy atom. The van der Waals surface area contributed by atoms with Crippen LogP contribution in [0.15, 0.2) is 41.0 Å². The summed E-state index contributed by atoms with van der Waals surface area (Å²) in [5.41, 5.74) is 9.87. The number of allylic oxidation sites excluding steroid dienone is 6. The topological polar surface area (TPSA) is 9.23 Å². The molecule has 1 atom stereocenters. The van der Waals surface area contributed by atoms with Crippen LogP contribution in [0.25, 0.3) is 0 Å². The van der Waals surface area contributed by atoms with E-state index < -0.39 is 0 Å². The second kappa shape index (κ2) is 11.0. The maximum absolute atomic E-state index is 6.62. The van der Waals surface area contributed by atoms with Gasteiger partial charge >= 0.3 is 0 Å². The molecule has 0 N–H and O–H groups in total. The molecule has 0 aromatic heterocycles. The standard InChI is InChI=1S/C29H44O/c1-21(2)12-9-13-22(3)14-10-15-23(4)16-11-18-29(8)19-17-27-25(6)20-24(5)26(7)28(27)30-29/h12,14,16,20H,9-11,13,15,17-19H2,1-8H3. The van der Waals surface area contributed by atoms with Gasteiger partial charge in [-0.05, 0) is 129 Å². The van der Waals surface area contributed by atoms with Crippen molar-refractivity contribution in [2.75, 3.05) is 0 Å². The minimum Gasteiger partial charge on any atom is -0.487 e. The van der Waals surface area contributed by atoms with Gasteiger partial charge in [0.05, 0.1) is 0 Å². The number of hydrogen-bond acceptors (Lipinski definition) is 1. The molecule has 1 aromatic carbocycles. The van der Waals surface area contributed by atoms with Gasteiger partial charge in [-0.3, -0.25) is 0 Å². The van der Waals surface area contributed by atoms with Crippen LogP contribution in [0.3, 0.4) is 0 Å². The maximum Gasteiger partial charge on any atom is 0.126 e. The SMILES string of the molecule is CC(C)=CCCC(C)=CCCC(C)=CCCC1(C)CCc2c(C)cc(C)c(C)c2O1. The first-order valence-corrected chi connectivity index (χ1v) is 11.8. The van der Waals surface area contributed by atoms with Crippen molar-refractivity contribution in [2.45, 2.75) is 112 Å². The molecule has 0 amide bonds.